The van der Waals surface area contributed by atoms with Gasteiger partial charge in [-0.25, -0.2) is 0 Å². The third-order valence-corrected chi connectivity index (χ3v) is 5.86. The van der Waals surface area contributed by atoms with Crippen molar-refractivity contribution in [1.29, 1.82) is 0 Å². The van der Waals surface area contributed by atoms with E-state index in [0.29, 0.717) is 36.0 Å². The number of methoxy groups -OCH3 is 1. The van der Waals surface area contributed by atoms with Gasteiger partial charge in [-0.3, -0.25) is 19.6 Å². The molecule has 2 amide bonds. The van der Waals surface area contributed by atoms with Crippen molar-refractivity contribution in [3.63, 3.8) is 0 Å². The summed E-state index contributed by atoms with van der Waals surface area (Å²) in [6.07, 6.45) is 5.29. The van der Waals surface area contributed by atoms with Crippen molar-refractivity contribution in [3.8, 4) is 16.9 Å². The highest BCUT2D eigenvalue weighted by molar-refractivity contribution is 5.94. The fourth-order valence-electron chi connectivity index (χ4n) is 3.96. The van der Waals surface area contributed by atoms with Gasteiger partial charge < -0.3 is 15.0 Å². The molecule has 3 aromatic rings. The number of nitrogens with one attached hydrogen (secondary N) is 1. The molecular formula is C25H26N4O3. The van der Waals surface area contributed by atoms with Gasteiger partial charge in [0.2, 0.25) is 0 Å². The highest BCUT2D eigenvalue weighted by Gasteiger charge is 2.25. The molecule has 2 aromatic heterocycles. The molecule has 0 aliphatic carbocycles. The lowest BCUT2D eigenvalue weighted by atomic mass is 9.92. The van der Waals surface area contributed by atoms with E-state index in [1.165, 1.54) is 0 Å². The molecule has 7 heteroatoms. The number of likely N-dealkylation sites (tertiary alicyclic amines) is 1. The lowest BCUT2D eigenvalue weighted by molar-refractivity contribution is 0.0711. The molecule has 1 fully saturated rings. The Morgan fingerprint density at radius 2 is 1.72 bits per heavy atom. The van der Waals surface area contributed by atoms with E-state index in [4.69, 9.17) is 4.74 Å². The van der Waals surface area contributed by atoms with Crippen molar-refractivity contribution in [2.45, 2.75) is 18.8 Å². The quantitative estimate of drug-likeness (QED) is 0.669. The molecular weight excluding hydrogens is 404 g/mol. The van der Waals surface area contributed by atoms with Crippen molar-refractivity contribution in [1.82, 2.24) is 20.2 Å². The number of piperidine rings is 1. The van der Waals surface area contributed by atoms with E-state index in [1.54, 1.807) is 32.5 Å². The molecule has 1 saturated heterocycles. The van der Waals surface area contributed by atoms with E-state index in [-0.39, 0.29) is 11.8 Å². The zero-order chi connectivity index (χ0) is 22.5. The fraction of sp³-hybridized carbons (Fsp3) is 0.280. The van der Waals surface area contributed by atoms with Gasteiger partial charge in [-0.05, 0) is 43.2 Å². The van der Waals surface area contributed by atoms with Crippen LogP contribution in [-0.2, 0) is 0 Å². The van der Waals surface area contributed by atoms with Crippen LogP contribution < -0.4 is 10.1 Å². The summed E-state index contributed by atoms with van der Waals surface area (Å²) in [4.78, 5) is 35.3. The Labute approximate surface area is 187 Å². The van der Waals surface area contributed by atoms with Crippen LogP contribution in [0.15, 0.2) is 60.9 Å². The van der Waals surface area contributed by atoms with Crippen molar-refractivity contribution in [2.24, 2.45) is 0 Å². The van der Waals surface area contributed by atoms with Crippen LogP contribution in [0.3, 0.4) is 0 Å². The standard InChI is InChI=1S/C25H26N4O3/c1-26-24(30)23-9-7-20(16-28-23)19-6-8-22(27-15-19)17-10-12-29(13-11-17)25(31)18-4-3-5-21(14-18)32-2/h3-9,14-17H,10-13H2,1-2H3,(H,26,30). The molecule has 0 atom stereocenters. The van der Waals surface area contributed by atoms with Crippen molar-refractivity contribution < 1.29 is 14.3 Å². The van der Waals surface area contributed by atoms with Gasteiger partial charge in [-0.15, -0.1) is 0 Å². The van der Waals surface area contributed by atoms with Crippen LogP contribution in [0.25, 0.3) is 11.1 Å². The number of benzene rings is 1. The molecule has 1 aliphatic rings. The van der Waals surface area contributed by atoms with Crippen LogP contribution in [-0.4, -0.2) is 53.9 Å². The van der Waals surface area contributed by atoms with Crippen LogP contribution in [0.1, 0.15) is 45.3 Å². The summed E-state index contributed by atoms with van der Waals surface area (Å²) in [6.45, 7) is 1.41. The number of hydrogen-bond donors (Lipinski definition) is 1. The molecule has 7 nitrogen and oxygen atoms in total. The van der Waals surface area contributed by atoms with E-state index in [1.807, 2.05) is 47.5 Å². The molecule has 1 aliphatic heterocycles. The predicted molar refractivity (Wildman–Crippen MR) is 122 cm³/mol. The second-order valence-electron chi connectivity index (χ2n) is 7.78. The number of rotatable bonds is 5. The molecule has 164 valence electrons. The SMILES string of the molecule is CNC(=O)c1ccc(-c2ccc(C3CCN(C(=O)c4cccc(OC)c4)CC3)nc2)cn1. The number of hydrogen-bond acceptors (Lipinski definition) is 5. The summed E-state index contributed by atoms with van der Waals surface area (Å²) < 4.78 is 5.23. The summed E-state index contributed by atoms with van der Waals surface area (Å²) in [5.41, 5.74) is 3.94. The Kier molecular flexibility index (Phi) is 6.44. The smallest absolute Gasteiger partial charge is 0.269 e. The van der Waals surface area contributed by atoms with E-state index in [0.717, 1.165) is 29.7 Å². The van der Waals surface area contributed by atoms with Crippen LogP contribution in [0.4, 0.5) is 0 Å². The number of carbonyl (C=O) groups excluding carboxylic acids is 2. The predicted octanol–water partition coefficient (Wildman–Crippen LogP) is 3.53. The number of ether oxygens (including phenoxy) is 1. The molecule has 1 aromatic carbocycles. The highest BCUT2D eigenvalue weighted by Crippen LogP contribution is 2.29. The normalized spacial score (nSPS) is 14.1. The summed E-state index contributed by atoms with van der Waals surface area (Å²) in [5, 5.41) is 2.56. The van der Waals surface area contributed by atoms with Gasteiger partial charge in [0, 0.05) is 60.8 Å². The van der Waals surface area contributed by atoms with Crippen LogP contribution in [0.5, 0.6) is 5.75 Å². The van der Waals surface area contributed by atoms with Crippen LogP contribution in [0.2, 0.25) is 0 Å². The number of nitrogens with zero attached hydrogens (tertiary/aromatic N) is 3. The Hall–Kier alpha value is -3.74. The van der Waals surface area contributed by atoms with Gasteiger partial charge in [0.1, 0.15) is 11.4 Å². The first-order valence-corrected chi connectivity index (χ1v) is 10.7. The van der Waals surface area contributed by atoms with Crippen LogP contribution >= 0.6 is 0 Å². The maximum absolute atomic E-state index is 12.8. The lowest BCUT2D eigenvalue weighted by Gasteiger charge is -2.32. The molecule has 0 radical (unpaired) electrons. The number of amides is 2. The average molecular weight is 431 g/mol. The zero-order valence-electron chi connectivity index (χ0n) is 18.2. The maximum atomic E-state index is 12.8. The minimum Gasteiger partial charge on any atom is -0.497 e. The first-order valence-electron chi connectivity index (χ1n) is 10.7. The molecule has 4 rings (SSSR count). The molecule has 3 heterocycles. The molecule has 32 heavy (non-hydrogen) atoms. The molecule has 0 saturated carbocycles. The first-order chi connectivity index (χ1) is 15.6. The van der Waals surface area contributed by atoms with Crippen molar-refractivity contribution in [2.75, 3.05) is 27.2 Å². The third kappa shape index (κ3) is 4.61. The Morgan fingerprint density at radius 3 is 2.31 bits per heavy atom. The molecule has 0 spiro atoms. The Balaban J connectivity index is 1.37. The fourth-order valence-corrected chi connectivity index (χ4v) is 3.96. The van der Waals surface area contributed by atoms with Crippen molar-refractivity contribution >= 4 is 11.8 Å². The van der Waals surface area contributed by atoms with Gasteiger partial charge in [0.05, 0.1) is 7.11 Å². The minimum atomic E-state index is -0.207. The van der Waals surface area contributed by atoms with Gasteiger partial charge in [0.25, 0.3) is 11.8 Å². The first kappa shape index (κ1) is 21.5. The monoisotopic (exact) mass is 430 g/mol. The van der Waals surface area contributed by atoms with Gasteiger partial charge in [0.15, 0.2) is 0 Å². The maximum Gasteiger partial charge on any atom is 0.269 e. The van der Waals surface area contributed by atoms with E-state index in [9.17, 15) is 9.59 Å². The number of carbonyl (C=O) groups is 2. The van der Waals surface area contributed by atoms with Crippen LogP contribution in [0, 0.1) is 0 Å². The summed E-state index contributed by atoms with van der Waals surface area (Å²) >= 11 is 0. The zero-order valence-corrected chi connectivity index (χ0v) is 18.2. The van der Waals surface area contributed by atoms with Gasteiger partial charge >= 0.3 is 0 Å². The topological polar surface area (TPSA) is 84.4 Å². The lowest BCUT2D eigenvalue weighted by Crippen LogP contribution is -2.38. The van der Waals surface area contributed by atoms with Gasteiger partial charge in [-0.2, -0.15) is 0 Å². The Bertz CT molecular complexity index is 1090. The van der Waals surface area contributed by atoms with E-state index < -0.39 is 0 Å². The van der Waals surface area contributed by atoms with Crippen molar-refractivity contribution in [3.05, 3.63) is 77.9 Å². The largest absolute Gasteiger partial charge is 0.497 e. The second kappa shape index (κ2) is 9.60. The third-order valence-electron chi connectivity index (χ3n) is 5.86. The highest BCUT2D eigenvalue weighted by atomic mass is 16.5. The number of aromatic nitrogens is 2. The average Bonchev–Trinajstić information content (AvgIpc) is 2.88. The number of pyridine rings is 2. The van der Waals surface area contributed by atoms with E-state index in [2.05, 4.69) is 15.3 Å². The summed E-state index contributed by atoms with van der Waals surface area (Å²) in [5.74, 6) is 0.847. The van der Waals surface area contributed by atoms with Gasteiger partial charge in [-0.1, -0.05) is 18.2 Å². The molecule has 0 unspecified atom stereocenters. The summed E-state index contributed by atoms with van der Waals surface area (Å²) in [6, 6.07) is 14.9. The molecule has 0 bridgehead atoms. The van der Waals surface area contributed by atoms with E-state index >= 15 is 0 Å². The summed E-state index contributed by atoms with van der Waals surface area (Å²) in [7, 11) is 3.18. The molecule has 1 N–H and O–H groups in total. The minimum absolute atomic E-state index is 0.0401. The second-order valence-corrected chi connectivity index (χ2v) is 7.78. The Morgan fingerprint density at radius 1 is 1.00 bits per heavy atom.